The van der Waals surface area contributed by atoms with Crippen molar-refractivity contribution in [2.75, 3.05) is 0 Å². The smallest absolute Gasteiger partial charge is 0.168 e. The van der Waals surface area contributed by atoms with E-state index in [1.807, 2.05) is 24.3 Å². The SMILES string of the molecule is O=Cc1cncn1Cc1cccc(Cl)c1. The number of carbonyl (C=O) groups is 1. The van der Waals surface area contributed by atoms with Crippen molar-refractivity contribution in [3.8, 4) is 0 Å². The first kappa shape index (κ1) is 9.93. The van der Waals surface area contributed by atoms with Crippen LogP contribution in [0.1, 0.15) is 16.1 Å². The van der Waals surface area contributed by atoms with Gasteiger partial charge in [0.05, 0.1) is 12.5 Å². The van der Waals surface area contributed by atoms with E-state index in [9.17, 15) is 4.79 Å². The Morgan fingerprint density at radius 2 is 2.33 bits per heavy atom. The van der Waals surface area contributed by atoms with E-state index in [1.54, 1.807) is 10.9 Å². The Balaban J connectivity index is 2.25. The molecule has 1 heterocycles. The number of carbonyl (C=O) groups excluding carboxylic acids is 1. The van der Waals surface area contributed by atoms with Gasteiger partial charge in [-0.1, -0.05) is 23.7 Å². The van der Waals surface area contributed by atoms with Crippen LogP contribution in [0, 0.1) is 0 Å². The van der Waals surface area contributed by atoms with Crippen molar-refractivity contribution in [2.45, 2.75) is 6.54 Å². The van der Waals surface area contributed by atoms with E-state index in [0.717, 1.165) is 11.8 Å². The summed E-state index contributed by atoms with van der Waals surface area (Å²) in [6.07, 6.45) is 3.96. The quantitative estimate of drug-likeness (QED) is 0.745. The van der Waals surface area contributed by atoms with E-state index in [4.69, 9.17) is 11.6 Å². The molecule has 0 aliphatic carbocycles. The molecule has 1 aromatic carbocycles. The number of aldehydes is 1. The van der Waals surface area contributed by atoms with Gasteiger partial charge in [-0.05, 0) is 17.7 Å². The molecule has 0 fully saturated rings. The Morgan fingerprint density at radius 1 is 1.47 bits per heavy atom. The minimum atomic E-state index is 0.565. The van der Waals surface area contributed by atoms with Crippen LogP contribution >= 0.6 is 11.6 Å². The van der Waals surface area contributed by atoms with Crippen LogP contribution in [0.15, 0.2) is 36.8 Å². The van der Waals surface area contributed by atoms with Crippen LogP contribution in [0.2, 0.25) is 5.02 Å². The number of hydrogen-bond donors (Lipinski definition) is 0. The summed E-state index contributed by atoms with van der Waals surface area (Å²) in [7, 11) is 0. The lowest BCUT2D eigenvalue weighted by Crippen LogP contribution is -2.01. The van der Waals surface area contributed by atoms with E-state index < -0.39 is 0 Å². The molecule has 1 aromatic heterocycles. The molecule has 0 atom stereocenters. The predicted octanol–water partition coefficient (Wildman–Crippen LogP) is 2.40. The molecule has 0 saturated heterocycles. The molecule has 0 radical (unpaired) electrons. The third-order valence-electron chi connectivity index (χ3n) is 2.11. The molecule has 0 aliphatic rings. The van der Waals surface area contributed by atoms with E-state index in [0.29, 0.717) is 17.3 Å². The molecule has 0 unspecified atom stereocenters. The number of halogens is 1. The van der Waals surface area contributed by atoms with Gasteiger partial charge in [0.25, 0.3) is 0 Å². The summed E-state index contributed by atoms with van der Waals surface area (Å²) in [4.78, 5) is 14.6. The van der Waals surface area contributed by atoms with Crippen LogP contribution in [0.3, 0.4) is 0 Å². The number of imidazole rings is 1. The molecule has 0 spiro atoms. The fourth-order valence-corrected chi connectivity index (χ4v) is 1.61. The first-order chi connectivity index (χ1) is 7.29. The van der Waals surface area contributed by atoms with E-state index >= 15 is 0 Å². The lowest BCUT2D eigenvalue weighted by Gasteiger charge is -2.04. The van der Waals surface area contributed by atoms with Crippen molar-refractivity contribution in [3.63, 3.8) is 0 Å². The number of hydrogen-bond acceptors (Lipinski definition) is 2. The molecule has 2 aromatic rings. The van der Waals surface area contributed by atoms with Crippen molar-refractivity contribution in [1.29, 1.82) is 0 Å². The van der Waals surface area contributed by atoms with Gasteiger partial charge in [-0.25, -0.2) is 4.98 Å². The van der Waals surface area contributed by atoms with Gasteiger partial charge in [0.2, 0.25) is 0 Å². The maximum absolute atomic E-state index is 10.7. The fraction of sp³-hybridized carbons (Fsp3) is 0.0909. The van der Waals surface area contributed by atoms with Crippen LogP contribution < -0.4 is 0 Å². The van der Waals surface area contributed by atoms with Gasteiger partial charge in [-0.2, -0.15) is 0 Å². The second-order valence-corrected chi connectivity index (χ2v) is 3.63. The zero-order chi connectivity index (χ0) is 10.7. The van der Waals surface area contributed by atoms with Gasteiger partial charge < -0.3 is 4.57 Å². The first-order valence-electron chi connectivity index (χ1n) is 4.49. The summed E-state index contributed by atoms with van der Waals surface area (Å²) in [5, 5.41) is 0.695. The Labute approximate surface area is 92.3 Å². The largest absolute Gasteiger partial charge is 0.324 e. The van der Waals surface area contributed by atoms with E-state index in [2.05, 4.69) is 4.98 Å². The predicted molar refractivity (Wildman–Crippen MR) is 58.2 cm³/mol. The third kappa shape index (κ3) is 2.25. The highest BCUT2D eigenvalue weighted by atomic mass is 35.5. The van der Waals surface area contributed by atoms with Crippen LogP contribution in [-0.2, 0) is 6.54 Å². The summed E-state index contributed by atoms with van der Waals surface area (Å²) >= 11 is 5.86. The Kier molecular flexibility index (Phi) is 2.83. The van der Waals surface area contributed by atoms with Crippen LogP contribution in [-0.4, -0.2) is 15.8 Å². The average molecular weight is 221 g/mol. The summed E-state index contributed by atoms with van der Waals surface area (Å²) in [6, 6.07) is 7.53. The van der Waals surface area contributed by atoms with Crippen LogP contribution in [0.4, 0.5) is 0 Å². The van der Waals surface area contributed by atoms with Crippen molar-refractivity contribution in [1.82, 2.24) is 9.55 Å². The molecule has 0 amide bonds. The molecular weight excluding hydrogens is 212 g/mol. The standard InChI is InChI=1S/C11H9ClN2O/c12-10-3-1-2-9(4-10)6-14-8-13-5-11(14)7-15/h1-5,7-8H,6H2. The molecule has 2 rings (SSSR count). The molecular formula is C11H9ClN2O. The fourth-order valence-electron chi connectivity index (χ4n) is 1.39. The highest BCUT2D eigenvalue weighted by Gasteiger charge is 2.01. The molecule has 0 bridgehead atoms. The van der Waals surface area contributed by atoms with Crippen molar-refractivity contribution < 1.29 is 4.79 Å². The summed E-state index contributed by atoms with van der Waals surface area (Å²) in [5.74, 6) is 0. The second-order valence-electron chi connectivity index (χ2n) is 3.19. The summed E-state index contributed by atoms with van der Waals surface area (Å²) in [5.41, 5.74) is 1.61. The highest BCUT2D eigenvalue weighted by molar-refractivity contribution is 6.30. The van der Waals surface area contributed by atoms with Gasteiger partial charge >= 0.3 is 0 Å². The summed E-state index contributed by atoms with van der Waals surface area (Å²) < 4.78 is 1.78. The Bertz CT molecular complexity index is 479. The second kappa shape index (κ2) is 4.28. The molecule has 15 heavy (non-hydrogen) atoms. The van der Waals surface area contributed by atoms with Gasteiger partial charge in [-0.15, -0.1) is 0 Å². The van der Waals surface area contributed by atoms with Crippen molar-refractivity contribution in [2.24, 2.45) is 0 Å². The van der Waals surface area contributed by atoms with Crippen LogP contribution in [0.5, 0.6) is 0 Å². The van der Waals surface area contributed by atoms with Gasteiger partial charge in [-0.3, -0.25) is 4.79 Å². The lowest BCUT2D eigenvalue weighted by molar-refractivity contribution is 0.111. The minimum absolute atomic E-state index is 0.565. The number of aromatic nitrogens is 2. The minimum Gasteiger partial charge on any atom is -0.324 e. The molecule has 0 N–H and O–H groups in total. The third-order valence-corrected chi connectivity index (χ3v) is 2.34. The lowest BCUT2D eigenvalue weighted by atomic mass is 10.2. The molecule has 76 valence electrons. The average Bonchev–Trinajstić information content (AvgIpc) is 2.65. The number of nitrogens with zero attached hydrogens (tertiary/aromatic N) is 2. The number of benzene rings is 1. The topological polar surface area (TPSA) is 34.9 Å². The maximum atomic E-state index is 10.7. The summed E-state index contributed by atoms with van der Waals surface area (Å²) in [6.45, 7) is 0.606. The van der Waals surface area contributed by atoms with Crippen molar-refractivity contribution in [3.05, 3.63) is 53.1 Å². The van der Waals surface area contributed by atoms with Gasteiger partial charge in [0.1, 0.15) is 5.69 Å². The van der Waals surface area contributed by atoms with E-state index in [1.165, 1.54) is 6.20 Å². The first-order valence-corrected chi connectivity index (χ1v) is 4.87. The Hall–Kier alpha value is -1.61. The van der Waals surface area contributed by atoms with E-state index in [-0.39, 0.29) is 0 Å². The number of rotatable bonds is 3. The van der Waals surface area contributed by atoms with Gasteiger partial charge in [0.15, 0.2) is 6.29 Å². The zero-order valence-electron chi connectivity index (χ0n) is 7.93. The Morgan fingerprint density at radius 3 is 3.07 bits per heavy atom. The molecule has 3 nitrogen and oxygen atoms in total. The monoisotopic (exact) mass is 220 g/mol. The zero-order valence-corrected chi connectivity index (χ0v) is 8.69. The van der Waals surface area contributed by atoms with Crippen molar-refractivity contribution >= 4 is 17.9 Å². The van der Waals surface area contributed by atoms with Gasteiger partial charge in [0, 0.05) is 11.6 Å². The highest BCUT2D eigenvalue weighted by Crippen LogP contribution is 2.12. The maximum Gasteiger partial charge on any atom is 0.168 e. The van der Waals surface area contributed by atoms with Crippen LogP contribution in [0.25, 0.3) is 0 Å². The molecule has 0 aliphatic heterocycles. The molecule has 0 saturated carbocycles. The normalized spacial score (nSPS) is 10.2. The molecule has 4 heteroatoms.